The van der Waals surface area contributed by atoms with Crippen molar-refractivity contribution in [3.8, 4) is 0 Å². The zero-order valence-corrected chi connectivity index (χ0v) is 12.5. The molecule has 0 spiro atoms. The summed E-state index contributed by atoms with van der Waals surface area (Å²) < 4.78 is 0. The topological polar surface area (TPSA) is 26.0 Å². The maximum absolute atomic E-state index is 6.49. The second-order valence-corrected chi connectivity index (χ2v) is 7.42. The Hall–Kier alpha value is -0.0400. The summed E-state index contributed by atoms with van der Waals surface area (Å²) in [5.41, 5.74) is 6.49. The van der Waals surface area contributed by atoms with E-state index in [2.05, 4.69) is 13.8 Å². The quantitative estimate of drug-likeness (QED) is 0.767. The van der Waals surface area contributed by atoms with Gasteiger partial charge in [-0.1, -0.05) is 46.0 Å². The Labute approximate surface area is 114 Å². The Morgan fingerprint density at radius 3 is 2.17 bits per heavy atom. The van der Waals surface area contributed by atoms with Crippen LogP contribution in [0, 0.1) is 23.7 Å². The third kappa shape index (κ3) is 4.26. The van der Waals surface area contributed by atoms with Crippen molar-refractivity contribution in [3.05, 3.63) is 0 Å². The summed E-state index contributed by atoms with van der Waals surface area (Å²) in [6.45, 7) is 4.83. The third-order valence-corrected chi connectivity index (χ3v) is 5.45. The minimum atomic E-state index is 0.483. The molecule has 2 N–H and O–H groups in total. The van der Waals surface area contributed by atoms with Crippen molar-refractivity contribution in [2.45, 2.75) is 84.1 Å². The molecule has 0 aliphatic heterocycles. The molecular formula is C17H33N. The standard InChI is InChI=1S/C17H33N/c1-13-10-14(2)12-16(11-13)17(18)9-8-15-6-4-3-5-7-15/h13-17H,3-12,18H2,1-2H3. The van der Waals surface area contributed by atoms with Gasteiger partial charge in [0.15, 0.2) is 0 Å². The van der Waals surface area contributed by atoms with Gasteiger partial charge in [0, 0.05) is 6.04 Å². The van der Waals surface area contributed by atoms with Crippen molar-refractivity contribution >= 4 is 0 Å². The van der Waals surface area contributed by atoms with E-state index >= 15 is 0 Å². The first-order valence-electron chi connectivity index (χ1n) is 8.40. The van der Waals surface area contributed by atoms with Crippen molar-refractivity contribution in [3.63, 3.8) is 0 Å². The fourth-order valence-electron chi connectivity index (χ4n) is 4.50. The molecular weight excluding hydrogens is 218 g/mol. The van der Waals surface area contributed by atoms with Crippen LogP contribution >= 0.6 is 0 Å². The van der Waals surface area contributed by atoms with E-state index in [0.717, 1.165) is 23.7 Å². The predicted molar refractivity (Wildman–Crippen MR) is 79.5 cm³/mol. The molecule has 2 rings (SSSR count). The van der Waals surface area contributed by atoms with Crippen LogP contribution in [0.25, 0.3) is 0 Å². The van der Waals surface area contributed by atoms with Gasteiger partial charge >= 0.3 is 0 Å². The van der Waals surface area contributed by atoms with Gasteiger partial charge in [0.2, 0.25) is 0 Å². The van der Waals surface area contributed by atoms with Gasteiger partial charge in [0.05, 0.1) is 0 Å². The van der Waals surface area contributed by atoms with Crippen LogP contribution in [0.15, 0.2) is 0 Å². The molecule has 18 heavy (non-hydrogen) atoms. The number of nitrogens with two attached hydrogens (primary N) is 1. The van der Waals surface area contributed by atoms with Crippen LogP contribution in [0.1, 0.15) is 78.1 Å². The van der Waals surface area contributed by atoms with Crippen molar-refractivity contribution in [2.24, 2.45) is 29.4 Å². The van der Waals surface area contributed by atoms with E-state index in [0.29, 0.717) is 6.04 Å². The Kier molecular flexibility index (Phi) is 5.54. The molecule has 2 aliphatic rings. The summed E-state index contributed by atoms with van der Waals surface area (Å²) in [4.78, 5) is 0. The van der Waals surface area contributed by atoms with Gasteiger partial charge in [-0.15, -0.1) is 0 Å². The lowest BCUT2D eigenvalue weighted by Gasteiger charge is -2.35. The van der Waals surface area contributed by atoms with Crippen LogP contribution in [-0.2, 0) is 0 Å². The fourth-order valence-corrected chi connectivity index (χ4v) is 4.50. The summed E-state index contributed by atoms with van der Waals surface area (Å²) in [6, 6.07) is 0.483. The Morgan fingerprint density at radius 2 is 1.56 bits per heavy atom. The Bertz CT molecular complexity index is 222. The zero-order chi connectivity index (χ0) is 13.0. The van der Waals surface area contributed by atoms with E-state index in [4.69, 9.17) is 5.73 Å². The van der Waals surface area contributed by atoms with Crippen LogP contribution < -0.4 is 5.73 Å². The molecule has 0 saturated heterocycles. The largest absolute Gasteiger partial charge is 0.327 e. The van der Waals surface area contributed by atoms with Gasteiger partial charge in [0.1, 0.15) is 0 Å². The smallest absolute Gasteiger partial charge is 0.00674 e. The molecule has 0 aromatic heterocycles. The maximum atomic E-state index is 6.49. The lowest BCUT2D eigenvalue weighted by atomic mass is 9.72. The van der Waals surface area contributed by atoms with E-state index in [1.54, 1.807) is 0 Å². The van der Waals surface area contributed by atoms with Crippen molar-refractivity contribution in [1.29, 1.82) is 0 Å². The van der Waals surface area contributed by atoms with Crippen molar-refractivity contribution in [2.75, 3.05) is 0 Å². The fraction of sp³-hybridized carbons (Fsp3) is 1.00. The first kappa shape index (κ1) is 14.4. The monoisotopic (exact) mass is 251 g/mol. The van der Waals surface area contributed by atoms with Gasteiger partial charge in [-0.05, 0) is 55.8 Å². The average Bonchev–Trinajstić information content (AvgIpc) is 2.36. The minimum Gasteiger partial charge on any atom is -0.327 e. The number of rotatable bonds is 4. The van der Waals surface area contributed by atoms with Crippen LogP contribution in [0.2, 0.25) is 0 Å². The lowest BCUT2D eigenvalue weighted by Crippen LogP contribution is -2.35. The molecule has 3 unspecified atom stereocenters. The molecule has 2 saturated carbocycles. The zero-order valence-electron chi connectivity index (χ0n) is 12.5. The molecule has 0 aromatic rings. The van der Waals surface area contributed by atoms with E-state index in [9.17, 15) is 0 Å². The molecule has 3 atom stereocenters. The molecule has 0 bridgehead atoms. The number of hydrogen-bond acceptors (Lipinski definition) is 1. The third-order valence-electron chi connectivity index (χ3n) is 5.45. The highest BCUT2D eigenvalue weighted by Gasteiger charge is 2.28. The summed E-state index contributed by atoms with van der Waals surface area (Å²) >= 11 is 0. The van der Waals surface area contributed by atoms with Crippen molar-refractivity contribution in [1.82, 2.24) is 0 Å². The van der Waals surface area contributed by atoms with Gasteiger partial charge in [-0.3, -0.25) is 0 Å². The molecule has 106 valence electrons. The molecule has 2 aliphatic carbocycles. The van der Waals surface area contributed by atoms with Gasteiger partial charge in [-0.25, -0.2) is 0 Å². The van der Waals surface area contributed by atoms with E-state index in [1.807, 2.05) is 0 Å². The predicted octanol–water partition coefficient (Wildman–Crippen LogP) is 4.75. The SMILES string of the molecule is CC1CC(C)CC(C(N)CCC2CCCCC2)C1. The lowest BCUT2D eigenvalue weighted by molar-refractivity contribution is 0.181. The van der Waals surface area contributed by atoms with Gasteiger partial charge in [-0.2, -0.15) is 0 Å². The molecule has 0 heterocycles. The highest BCUT2D eigenvalue weighted by molar-refractivity contribution is 4.82. The summed E-state index contributed by atoms with van der Waals surface area (Å²) in [5.74, 6) is 3.62. The minimum absolute atomic E-state index is 0.483. The highest BCUT2D eigenvalue weighted by Crippen LogP contribution is 2.36. The second-order valence-electron chi connectivity index (χ2n) is 7.42. The highest BCUT2D eigenvalue weighted by atomic mass is 14.7. The summed E-state index contributed by atoms with van der Waals surface area (Å²) in [5, 5.41) is 0. The maximum Gasteiger partial charge on any atom is 0.00674 e. The summed E-state index contributed by atoms with van der Waals surface area (Å²) in [6.07, 6.45) is 14.2. The van der Waals surface area contributed by atoms with E-state index < -0.39 is 0 Å². The first-order chi connectivity index (χ1) is 8.65. The van der Waals surface area contributed by atoms with Gasteiger partial charge in [0.25, 0.3) is 0 Å². The molecule has 1 heteroatoms. The van der Waals surface area contributed by atoms with Crippen LogP contribution in [-0.4, -0.2) is 6.04 Å². The first-order valence-corrected chi connectivity index (χ1v) is 8.40. The molecule has 2 fully saturated rings. The summed E-state index contributed by atoms with van der Waals surface area (Å²) in [7, 11) is 0. The molecule has 1 nitrogen and oxygen atoms in total. The molecule has 0 amide bonds. The Morgan fingerprint density at radius 1 is 0.944 bits per heavy atom. The second kappa shape index (κ2) is 6.93. The van der Waals surface area contributed by atoms with Gasteiger partial charge < -0.3 is 5.73 Å². The van der Waals surface area contributed by atoms with Crippen LogP contribution in [0.3, 0.4) is 0 Å². The van der Waals surface area contributed by atoms with E-state index in [-0.39, 0.29) is 0 Å². The van der Waals surface area contributed by atoms with E-state index in [1.165, 1.54) is 64.2 Å². The average molecular weight is 251 g/mol. The van der Waals surface area contributed by atoms with Crippen LogP contribution in [0.5, 0.6) is 0 Å². The normalized spacial score (nSPS) is 36.5. The van der Waals surface area contributed by atoms with Crippen molar-refractivity contribution < 1.29 is 0 Å². The van der Waals surface area contributed by atoms with Crippen LogP contribution in [0.4, 0.5) is 0 Å². The number of hydrogen-bond donors (Lipinski definition) is 1. The Balaban J connectivity index is 1.71. The molecule has 0 aromatic carbocycles. The molecule has 0 radical (unpaired) electrons.